The number of para-hydroxylation sites is 8. The topological polar surface area (TPSA) is 40.4 Å². The number of halogens is 1. The molecule has 464 valence electrons. The molecule has 6 nitrogen and oxygen atoms in total. The lowest BCUT2D eigenvalue weighted by Crippen LogP contribution is -1.99. The Balaban J connectivity index is 0.000000112. The lowest BCUT2D eigenvalue weighted by molar-refractivity contribution is 1.13. The van der Waals surface area contributed by atoms with Gasteiger partial charge in [0.25, 0.3) is 0 Å². The number of rotatable bonds is 5. The van der Waals surface area contributed by atoms with Crippen LogP contribution in [0.3, 0.4) is 0 Å². The smallest absolute Gasteiger partial charge is 0.0562 e. The van der Waals surface area contributed by atoms with Gasteiger partial charge in [-0.3, -0.25) is 0 Å². The summed E-state index contributed by atoms with van der Waals surface area (Å²) < 4.78 is 13.1. The number of nitrogens with one attached hydrogen (secondary N) is 1. The van der Waals surface area contributed by atoms with Gasteiger partial charge in [-0.05, 0) is 155 Å². The van der Waals surface area contributed by atoms with Crippen molar-refractivity contribution in [3.05, 3.63) is 356 Å². The van der Waals surface area contributed by atoms with Crippen molar-refractivity contribution in [1.82, 2.24) is 27.8 Å². The van der Waals surface area contributed by atoms with Gasteiger partial charge >= 0.3 is 0 Å². The lowest BCUT2D eigenvalue weighted by atomic mass is 10.0. The second kappa shape index (κ2) is 22.7. The predicted octanol–water partition coefficient (Wildman–Crippen LogP) is 25.2. The summed E-state index contributed by atoms with van der Waals surface area (Å²) in [5.41, 5.74) is 20.4. The van der Waals surface area contributed by atoms with E-state index in [1.165, 1.54) is 164 Å². The van der Waals surface area contributed by atoms with Gasteiger partial charge in [-0.15, -0.1) is 0 Å². The summed E-state index contributed by atoms with van der Waals surface area (Å²) in [5.74, 6) is 0. The van der Waals surface area contributed by atoms with E-state index in [1.807, 2.05) is 0 Å². The zero-order valence-electron chi connectivity index (χ0n) is 53.6. The van der Waals surface area contributed by atoms with Crippen molar-refractivity contribution < 1.29 is 0 Å². The molecular formula is C92H59BrN6. The van der Waals surface area contributed by atoms with E-state index in [4.69, 9.17) is 0 Å². The Labute approximate surface area is 577 Å². The van der Waals surface area contributed by atoms with Crippen LogP contribution < -0.4 is 0 Å². The summed E-state index contributed by atoms with van der Waals surface area (Å²) in [4.78, 5) is 3.62. The molecule has 0 unspecified atom stereocenters. The van der Waals surface area contributed by atoms with Gasteiger partial charge in [0.05, 0.1) is 55.2 Å². The highest BCUT2D eigenvalue weighted by molar-refractivity contribution is 9.10. The molecule has 22 aromatic rings. The van der Waals surface area contributed by atoms with Crippen molar-refractivity contribution in [3.63, 3.8) is 0 Å². The van der Waals surface area contributed by atoms with Gasteiger partial charge in [-0.1, -0.05) is 234 Å². The van der Waals surface area contributed by atoms with Gasteiger partial charge in [0.15, 0.2) is 0 Å². The number of benzene rings is 16. The molecule has 0 saturated heterocycles. The van der Waals surface area contributed by atoms with Crippen molar-refractivity contribution in [2.45, 2.75) is 0 Å². The van der Waals surface area contributed by atoms with Crippen molar-refractivity contribution >= 4 is 168 Å². The molecule has 7 heteroatoms. The SMILES string of the molecule is Brc1cccc(-n2c3ccccc3c3ccccc32)c1.c1ccc(-n2c3cc4[nH]c5ccccc5c4cc3c3c4ccccc4ccc32)cc1.c1ccc(-n2c3cc4c(cc3c3c5ccccc5ccc32)c2ccccc2n4-c2cccc(-n3c4ccccc4c4ccccc43)c2)cc1. The van der Waals surface area contributed by atoms with Gasteiger partial charge in [0.2, 0.25) is 0 Å². The van der Waals surface area contributed by atoms with Crippen molar-refractivity contribution in [1.29, 1.82) is 0 Å². The molecule has 6 aromatic heterocycles. The third-order valence-corrected chi connectivity index (χ3v) is 20.8. The van der Waals surface area contributed by atoms with Crippen LogP contribution in [-0.2, 0) is 0 Å². The number of H-pyrrole nitrogens is 1. The maximum atomic E-state index is 3.62. The van der Waals surface area contributed by atoms with Crippen LogP contribution in [-0.4, -0.2) is 27.8 Å². The summed E-state index contributed by atoms with van der Waals surface area (Å²) in [5, 5.41) is 20.5. The molecule has 0 saturated carbocycles. The monoisotopic (exact) mass is 1330 g/mol. The maximum Gasteiger partial charge on any atom is 0.0562 e. The number of aromatic nitrogens is 6. The molecular weight excluding hydrogens is 1270 g/mol. The quantitative estimate of drug-likeness (QED) is 0.178. The molecule has 0 atom stereocenters. The standard InChI is InChI=1S/C46H29N3.C28H18N2.C18H12BrN/c1-2-14-31(15-3-1)47-43-26-25-30-13-4-5-18-34(30)46(43)39-28-38-37-21-8-11-24-42(37)49(44(38)29-45(39)47)33-17-12-16-32(27-33)48-40-22-9-6-19-35(40)36-20-7-10-23-41(36)48;1-2-9-19(10-3-1)30-26-15-14-18-8-4-5-11-20(18)28(26)23-16-22-21-12-6-7-13-24(21)29-25(22)17-27(23)30;19-13-6-5-7-14(12-13)20-17-10-3-1-8-15(17)16-9-2-4-11-18(16)20/h1-29H;1-17,29H;1-12H. The van der Waals surface area contributed by atoms with Crippen molar-refractivity contribution in [3.8, 4) is 28.4 Å². The van der Waals surface area contributed by atoms with Crippen LogP contribution in [0.15, 0.2) is 356 Å². The van der Waals surface area contributed by atoms with E-state index < -0.39 is 0 Å². The van der Waals surface area contributed by atoms with Crippen LogP contribution in [0.2, 0.25) is 0 Å². The average molecular weight is 1330 g/mol. The Kier molecular flexibility index (Phi) is 13.0. The highest BCUT2D eigenvalue weighted by atomic mass is 79.9. The Hall–Kier alpha value is -12.7. The van der Waals surface area contributed by atoms with E-state index in [2.05, 4.69) is 396 Å². The third-order valence-electron chi connectivity index (χ3n) is 20.3. The second-order valence-corrected chi connectivity index (χ2v) is 26.7. The van der Waals surface area contributed by atoms with Crippen LogP contribution in [0.5, 0.6) is 0 Å². The molecule has 99 heavy (non-hydrogen) atoms. The molecule has 0 aliphatic carbocycles. The lowest BCUT2D eigenvalue weighted by Gasteiger charge is -2.13. The first-order valence-corrected chi connectivity index (χ1v) is 34.5. The highest BCUT2D eigenvalue weighted by Gasteiger charge is 2.23. The summed E-state index contributed by atoms with van der Waals surface area (Å²) in [6.45, 7) is 0. The van der Waals surface area contributed by atoms with Crippen LogP contribution in [0.4, 0.5) is 0 Å². The second-order valence-electron chi connectivity index (χ2n) is 25.8. The minimum Gasteiger partial charge on any atom is -0.354 e. The zero-order valence-corrected chi connectivity index (χ0v) is 55.2. The predicted molar refractivity (Wildman–Crippen MR) is 423 cm³/mol. The molecule has 0 spiro atoms. The van der Waals surface area contributed by atoms with Crippen LogP contribution >= 0.6 is 15.9 Å². The first-order chi connectivity index (χ1) is 49.1. The van der Waals surface area contributed by atoms with E-state index in [0.29, 0.717) is 0 Å². The molecule has 0 amide bonds. The average Bonchev–Trinajstić information content (AvgIpc) is 1.57. The summed E-state index contributed by atoms with van der Waals surface area (Å²) in [6, 6.07) is 127. The summed E-state index contributed by atoms with van der Waals surface area (Å²) >= 11 is 3.56. The molecule has 6 heterocycles. The minimum atomic E-state index is 1.09. The van der Waals surface area contributed by atoms with E-state index >= 15 is 0 Å². The van der Waals surface area contributed by atoms with E-state index in [9.17, 15) is 0 Å². The van der Waals surface area contributed by atoms with Gasteiger partial charge in [0, 0.05) is 109 Å². The molecule has 0 aliphatic heterocycles. The number of hydrogen-bond donors (Lipinski definition) is 1. The first-order valence-electron chi connectivity index (χ1n) is 33.8. The third kappa shape index (κ3) is 8.95. The largest absolute Gasteiger partial charge is 0.354 e. The van der Waals surface area contributed by atoms with Gasteiger partial charge < -0.3 is 27.8 Å². The highest BCUT2D eigenvalue weighted by Crippen LogP contribution is 2.45. The molecule has 16 aromatic carbocycles. The number of nitrogens with zero attached hydrogens (tertiary/aromatic N) is 5. The Morgan fingerprint density at radius 1 is 0.182 bits per heavy atom. The van der Waals surface area contributed by atoms with E-state index in [-0.39, 0.29) is 0 Å². The van der Waals surface area contributed by atoms with Crippen molar-refractivity contribution in [2.75, 3.05) is 0 Å². The van der Waals surface area contributed by atoms with E-state index in [1.54, 1.807) is 0 Å². The number of hydrogen-bond acceptors (Lipinski definition) is 0. The van der Waals surface area contributed by atoms with Gasteiger partial charge in [-0.25, -0.2) is 0 Å². The maximum absolute atomic E-state index is 3.62. The summed E-state index contributed by atoms with van der Waals surface area (Å²) in [7, 11) is 0. The molecule has 1 N–H and O–H groups in total. The fraction of sp³-hybridized carbons (Fsp3) is 0. The van der Waals surface area contributed by atoms with Crippen LogP contribution in [0.25, 0.3) is 181 Å². The molecule has 22 rings (SSSR count). The molecule has 0 bridgehead atoms. The Morgan fingerprint density at radius 2 is 0.525 bits per heavy atom. The molecule has 0 fully saturated rings. The summed E-state index contributed by atoms with van der Waals surface area (Å²) in [6.07, 6.45) is 0. The molecule has 0 aliphatic rings. The Bertz CT molecular complexity index is 6890. The van der Waals surface area contributed by atoms with Crippen LogP contribution in [0, 0.1) is 0 Å². The van der Waals surface area contributed by atoms with E-state index in [0.717, 1.165) is 21.5 Å². The first kappa shape index (κ1) is 56.6. The minimum absolute atomic E-state index is 1.09. The molecule has 0 radical (unpaired) electrons. The normalized spacial score (nSPS) is 11.9. The fourth-order valence-electron chi connectivity index (χ4n) is 16.2. The fourth-order valence-corrected chi connectivity index (χ4v) is 16.5. The van der Waals surface area contributed by atoms with Crippen LogP contribution in [0.1, 0.15) is 0 Å². The number of aromatic amines is 1. The van der Waals surface area contributed by atoms with Gasteiger partial charge in [-0.2, -0.15) is 0 Å². The zero-order chi connectivity index (χ0) is 65.2. The number of fused-ring (bicyclic) bond motifs is 22. The Morgan fingerprint density at radius 3 is 1.01 bits per heavy atom. The van der Waals surface area contributed by atoms with Gasteiger partial charge in [0.1, 0.15) is 0 Å². The van der Waals surface area contributed by atoms with Crippen molar-refractivity contribution in [2.24, 2.45) is 0 Å².